The number of aromatic carboxylic acids is 1. The molecule has 130 valence electrons. The van der Waals surface area contributed by atoms with Crippen LogP contribution in [0, 0.1) is 11.3 Å². The van der Waals surface area contributed by atoms with Gasteiger partial charge < -0.3 is 14.5 Å². The lowest BCUT2D eigenvalue weighted by atomic mass is 10.1. The molecule has 2 aromatic carbocycles. The number of benzene rings is 2. The average molecular weight is 355 g/mol. The van der Waals surface area contributed by atoms with Crippen molar-refractivity contribution in [2.45, 2.75) is 0 Å². The predicted octanol–water partition coefficient (Wildman–Crippen LogP) is 4.59. The first-order chi connectivity index (χ1) is 13.1. The molecule has 0 saturated carbocycles. The Morgan fingerprint density at radius 2 is 2.00 bits per heavy atom. The van der Waals surface area contributed by atoms with E-state index in [0.29, 0.717) is 28.5 Å². The van der Waals surface area contributed by atoms with E-state index >= 15 is 0 Å². The number of imidazole rings is 1. The summed E-state index contributed by atoms with van der Waals surface area (Å²) >= 11 is 0. The molecule has 0 fully saturated rings. The van der Waals surface area contributed by atoms with Crippen LogP contribution < -0.4 is 0 Å². The van der Waals surface area contributed by atoms with Gasteiger partial charge in [0.25, 0.3) is 0 Å². The van der Waals surface area contributed by atoms with E-state index in [1.165, 1.54) is 6.07 Å². The number of nitriles is 1. The molecule has 4 rings (SSSR count). The van der Waals surface area contributed by atoms with Gasteiger partial charge in [-0.25, -0.2) is 9.78 Å². The minimum atomic E-state index is -1.000. The topological polar surface area (TPSA) is 103 Å². The second-order valence-electron chi connectivity index (χ2n) is 5.86. The zero-order chi connectivity index (χ0) is 18.8. The Hall–Kier alpha value is -4.11. The Morgan fingerprint density at radius 3 is 2.78 bits per heavy atom. The Bertz CT molecular complexity index is 1190. The van der Waals surface area contributed by atoms with Crippen LogP contribution in [-0.2, 0) is 0 Å². The summed E-state index contributed by atoms with van der Waals surface area (Å²) in [4.78, 5) is 18.7. The van der Waals surface area contributed by atoms with Crippen molar-refractivity contribution in [1.29, 1.82) is 5.26 Å². The lowest BCUT2D eigenvalue weighted by Crippen LogP contribution is -1.95. The van der Waals surface area contributed by atoms with Gasteiger partial charge in [-0.1, -0.05) is 24.3 Å². The van der Waals surface area contributed by atoms with Crippen LogP contribution in [0.15, 0.2) is 65.1 Å². The number of nitrogens with zero attached hydrogens (tertiary/aromatic N) is 2. The van der Waals surface area contributed by atoms with Crippen molar-refractivity contribution in [3.63, 3.8) is 0 Å². The summed E-state index contributed by atoms with van der Waals surface area (Å²) < 4.78 is 5.77. The van der Waals surface area contributed by atoms with Gasteiger partial charge in [0.15, 0.2) is 0 Å². The number of furan rings is 1. The number of aromatic nitrogens is 2. The molecule has 0 saturated heterocycles. The molecule has 0 aliphatic rings. The second-order valence-corrected chi connectivity index (χ2v) is 5.86. The van der Waals surface area contributed by atoms with E-state index in [2.05, 4.69) is 16.0 Å². The molecule has 0 atom stereocenters. The Morgan fingerprint density at radius 1 is 1.15 bits per heavy atom. The summed E-state index contributed by atoms with van der Waals surface area (Å²) in [6.07, 6.45) is 1.60. The number of hydrogen-bond acceptors (Lipinski definition) is 4. The fourth-order valence-corrected chi connectivity index (χ4v) is 2.77. The van der Waals surface area contributed by atoms with Crippen molar-refractivity contribution in [2.24, 2.45) is 0 Å². The van der Waals surface area contributed by atoms with Gasteiger partial charge in [-0.3, -0.25) is 0 Å². The summed E-state index contributed by atoms with van der Waals surface area (Å²) in [5.41, 5.74) is 2.79. The van der Waals surface area contributed by atoms with E-state index in [0.717, 1.165) is 11.0 Å². The van der Waals surface area contributed by atoms with E-state index < -0.39 is 5.97 Å². The number of carboxylic acids is 1. The van der Waals surface area contributed by atoms with Gasteiger partial charge in [-0.15, -0.1) is 0 Å². The molecule has 2 heterocycles. The van der Waals surface area contributed by atoms with E-state index in [4.69, 9.17) is 9.52 Å². The van der Waals surface area contributed by atoms with Gasteiger partial charge in [-0.2, -0.15) is 5.26 Å². The lowest BCUT2D eigenvalue weighted by Gasteiger charge is -1.99. The molecule has 0 aliphatic carbocycles. The van der Waals surface area contributed by atoms with Crippen LogP contribution in [0.5, 0.6) is 0 Å². The first-order valence-corrected chi connectivity index (χ1v) is 8.14. The van der Waals surface area contributed by atoms with Crippen molar-refractivity contribution in [3.8, 4) is 17.4 Å². The van der Waals surface area contributed by atoms with Crippen LogP contribution in [0.25, 0.3) is 34.0 Å². The largest absolute Gasteiger partial charge is 0.478 e. The third-order valence-corrected chi connectivity index (χ3v) is 4.07. The van der Waals surface area contributed by atoms with Crippen molar-refractivity contribution in [1.82, 2.24) is 9.97 Å². The summed E-state index contributed by atoms with van der Waals surface area (Å²) in [5.74, 6) is 0.457. The second kappa shape index (κ2) is 6.65. The number of hydrogen-bond donors (Lipinski definition) is 2. The Balaban J connectivity index is 1.68. The minimum Gasteiger partial charge on any atom is -0.478 e. The van der Waals surface area contributed by atoms with Gasteiger partial charge in [-0.05, 0) is 36.4 Å². The zero-order valence-electron chi connectivity index (χ0n) is 14.0. The van der Waals surface area contributed by atoms with E-state index in [9.17, 15) is 10.1 Å². The van der Waals surface area contributed by atoms with Crippen LogP contribution in [0.4, 0.5) is 0 Å². The molecule has 2 aromatic heterocycles. The van der Waals surface area contributed by atoms with Gasteiger partial charge in [0.1, 0.15) is 23.4 Å². The predicted molar refractivity (Wildman–Crippen MR) is 101 cm³/mol. The highest BCUT2D eigenvalue weighted by atomic mass is 16.4. The molecule has 0 bridgehead atoms. The van der Waals surface area contributed by atoms with Gasteiger partial charge in [0, 0.05) is 11.6 Å². The number of fused-ring (bicyclic) bond motifs is 1. The van der Waals surface area contributed by atoms with Crippen LogP contribution >= 0.6 is 0 Å². The highest BCUT2D eigenvalue weighted by Crippen LogP contribution is 2.26. The molecular formula is C21H13N3O3. The van der Waals surface area contributed by atoms with E-state index in [1.54, 1.807) is 36.4 Å². The monoisotopic (exact) mass is 355 g/mol. The van der Waals surface area contributed by atoms with Crippen LogP contribution in [0.1, 0.15) is 21.9 Å². The first-order valence-electron chi connectivity index (χ1n) is 8.14. The number of nitrogens with one attached hydrogen (secondary N) is 1. The van der Waals surface area contributed by atoms with Crippen LogP contribution in [0.3, 0.4) is 0 Å². The minimum absolute atomic E-state index is 0.181. The van der Waals surface area contributed by atoms with Crippen molar-refractivity contribution in [3.05, 3.63) is 77.8 Å². The molecular weight excluding hydrogens is 342 g/mol. The summed E-state index contributed by atoms with van der Waals surface area (Å²) in [6.45, 7) is 0. The molecule has 27 heavy (non-hydrogen) atoms. The number of allylic oxidation sites excluding steroid dienone is 1. The van der Waals surface area contributed by atoms with Crippen LogP contribution in [-0.4, -0.2) is 21.0 Å². The third-order valence-electron chi connectivity index (χ3n) is 4.07. The van der Waals surface area contributed by atoms with Crippen molar-refractivity contribution < 1.29 is 14.3 Å². The summed E-state index contributed by atoms with van der Waals surface area (Å²) in [7, 11) is 0. The maximum absolute atomic E-state index is 11.1. The molecule has 0 unspecified atom stereocenters. The molecule has 4 aromatic rings. The lowest BCUT2D eigenvalue weighted by molar-refractivity contribution is 0.0697. The van der Waals surface area contributed by atoms with Crippen molar-refractivity contribution >= 4 is 28.7 Å². The summed E-state index contributed by atoms with van der Waals surface area (Å²) in [5, 5.41) is 18.6. The fraction of sp³-hybridized carbons (Fsp3) is 0. The highest BCUT2D eigenvalue weighted by molar-refractivity contribution is 5.90. The van der Waals surface area contributed by atoms with Gasteiger partial charge in [0.2, 0.25) is 0 Å². The van der Waals surface area contributed by atoms with Gasteiger partial charge >= 0.3 is 5.97 Å². The molecule has 0 amide bonds. The van der Waals surface area contributed by atoms with Crippen LogP contribution in [0.2, 0.25) is 0 Å². The molecule has 0 radical (unpaired) electrons. The number of carboxylic acid groups (broad SMARTS) is 1. The SMILES string of the molecule is N#CC(=Cc1ccc(-c2cccc(C(=O)O)c2)o1)c1nc2ccccc2[nH]1. The molecule has 0 spiro atoms. The molecule has 2 N–H and O–H groups in total. The standard InChI is InChI=1S/C21H13N3O3/c22-12-15(20-23-17-6-1-2-7-18(17)24-20)11-16-8-9-19(27-16)13-4-3-5-14(10-13)21(25)26/h1-11H,(H,23,24)(H,25,26). The van der Waals surface area contributed by atoms with Crippen molar-refractivity contribution in [2.75, 3.05) is 0 Å². The Kier molecular flexibility index (Phi) is 4.03. The van der Waals surface area contributed by atoms with E-state index in [-0.39, 0.29) is 5.56 Å². The first kappa shape index (κ1) is 16.4. The van der Waals surface area contributed by atoms with Gasteiger partial charge in [0.05, 0.1) is 22.2 Å². The zero-order valence-corrected chi connectivity index (χ0v) is 14.0. The number of H-pyrrole nitrogens is 1. The third kappa shape index (κ3) is 3.22. The average Bonchev–Trinajstić information content (AvgIpc) is 3.33. The van der Waals surface area contributed by atoms with E-state index in [1.807, 2.05) is 24.3 Å². The smallest absolute Gasteiger partial charge is 0.335 e. The number of para-hydroxylation sites is 2. The summed E-state index contributed by atoms with van der Waals surface area (Å²) in [6, 6.07) is 19.6. The maximum Gasteiger partial charge on any atom is 0.335 e. The molecule has 0 aliphatic heterocycles. The Labute approximate surface area is 154 Å². The molecule has 6 heteroatoms. The fourth-order valence-electron chi connectivity index (χ4n) is 2.77. The highest BCUT2D eigenvalue weighted by Gasteiger charge is 2.11. The number of carbonyl (C=O) groups is 1. The molecule has 6 nitrogen and oxygen atoms in total. The normalized spacial score (nSPS) is 11.4. The number of aromatic amines is 1. The quantitative estimate of drug-likeness (QED) is 0.521. The number of rotatable bonds is 4. The maximum atomic E-state index is 11.1.